The molecule has 0 heterocycles. The van der Waals surface area contributed by atoms with E-state index in [2.05, 4.69) is 10.6 Å². The highest BCUT2D eigenvalue weighted by Crippen LogP contribution is 2.30. The number of hydrogen-bond acceptors (Lipinski definition) is 5. The Hall–Kier alpha value is -2.78. The zero-order valence-corrected chi connectivity index (χ0v) is 12.9. The van der Waals surface area contributed by atoms with Crippen LogP contribution >= 0.6 is 0 Å². The lowest BCUT2D eigenvalue weighted by atomic mass is 10.2. The van der Waals surface area contributed by atoms with Gasteiger partial charge in [-0.2, -0.15) is 13.2 Å². The number of ether oxygens (including phenoxy) is 1. The molecule has 24 heavy (non-hydrogen) atoms. The molecular weight excluding hydrogens is 331 g/mol. The molecule has 1 aromatic carbocycles. The number of anilines is 1. The molecule has 0 bridgehead atoms. The smallest absolute Gasteiger partial charge is 0.416 e. The second-order valence-corrected chi connectivity index (χ2v) is 4.63. The SMILES string of the molecule is CNC(=O)NC(=O)[C@@H](C)OC(=O)CNc1cccc(C(F)(F)F)c1. The van der Waals surface area contributed by atoms with E-state index in [-0.39, 0.29) is 5.69 Å². The summed E-state index contributed by atoms with van der Waals surface area (Å²) in [5, 5.41) is 6.54. The van der Waals surface area contributed by atoms with E-state index in [4.69, 9.17) is 4.74 Å². The molecule has 3 amide bonds. The molecule has 0 radical (unpaired) electrons. The molecule has 0 aromatic heterocycles. The number of carbonyl (C=O) groups is 3. The lowest BCUT2D eigenvalue weighted by molar-refractivity contribution is -0.152. The van der Waals surface area contributed by atoms with Crippen LogP contribution in [0.4, 0.5) is 23.7 Å². The quantitative estimate of drug-likeness (QED) is 0.702. The van der Waals surface area contributed by atoms with Crippen LogP contribution in [-0.4, -0.2) is 37.6 Å². The number of carbonyl (C=O) groups excluding carboxylic acids is 3. The van der Waals surface area contributed by atoms with E-state index in [0.717, 1.165) is 12.1 Å². The minimum atomic E-state index is -4.50. The highest BCUT2D eigenvalue weighted by atomic mass is 19.4. The van der Waals surface area contributed by atoms with Crippen molar-refractivity contribution in [3.8, 4) is 0 Å². The zero-order chi connectivity index (χ0) is 18.3. The van der Waals surface area contributed by atoms with Crippen molar-refractivity contribution in [2.45, 2.75) is 19.2 Å². The summed E-state index contributed by atoms with van der Waals surface area (Å²) < 4.78 is 42.5. The van der Waals surface area contributed by atoms with E-state index in [1.165, 1.54) is 26.1 Å². The summed E-state index contributed by atoms with van der Waals surface area (Å²) >= 11 is 0. The average Bonchev–Trinajstić information content (AvgIpc) is 2.52. The van der Waals surface area contributed by atoms with Crippen LogP contribution in [0.25, 0.3) is 0 Å². The molecule has 1 aromatic rings. The molecule has 0 saturated heterocycles. The van der Waals surface area contributed by atoms with Gasteiger partial charge in [0.25, 0.3) is 5.91 Å². The van der Waals surface area contributed by atoms with Gasteiger partial charge in [-0.15, -0.1) is 0 Å². The Labute approximate surface area is 135 Å². The van der Waals surface area contributed by atoms with Crippen LogP contribution in [0.3, 0.4) is 0 Å². The van der Waals surface area contributed by atoms with Gasteiger partial charge in [-0.1, -0.05) is 6.07 Å². The molecular formula is C14H16F3N3O4. The summed E-state index contributed by atoms with van der Waals surface area (Å²) in [5.74, 6) is -1.70. The molecule has 132 valence electrons. The third-order valence-electron chi connectivity index (χ3n) is 2.77. The van der Waals surface area contributed by atoms with Crippen molar-refractivity contribution in [2.75, 3.05) is 18.9 Å². The first-order valence-electron chi connectivity index (χ1n) is 6.76. The van der Waals surface area contributed by atoms with Crippen LogP contribution in [0.1, 0.15) is 12.5 Å². The molecule has 1 atom stereocenters. The molecule has 1 rings (SSSR count). The van der Waals surface area contributed by atoms with Gasteiger partial charge in [0, 0.05) is 12.7 Å². The molecule has 0 aliphatic rings. The zero-order valence-electron chi connectivity index (χ0n) is 12.9. The topological polar surface area (TPSA) is 96.5 Å². The maximum absolute atomic E-state index is 12.6. The van der Waals surface area contributed by atoms with E-state index in [1.807, 2.05) is 5.32 Å². The van der Waals surface area contributed by atoms with E-state index >= 15 is 0 Å². The van der Waals surface area contributed by atoms with Crippen LogP contribution in [0.5, 0.6) is 0 Å². The largest absolute Gasteiger partial charge is 0.451 e. The second-order valence-electron chi connectivity index (χ2n) is 4.63. The highest BCUT2D eigenvalue weighted by molar-refractivity contribution is 5.97. The molecule has 0 aliphatic carbocycles. The molecule has 0 unspecified atom stereocenters. The van der Waals surface area contributed by atoms with Crippen molar-refractivity contribution < 1.29 is 32.3 Å². The highest BCUT2D eigenvalue weighted by Gasteiger charge is 2.30. The summed E-state index contributed by atoms with van der Waals surface area (Å²) in [7, 11) is 1.30. The van der Waals surface area contributed by atoms with E-state index in [9.17, 15) is 27.6 Å². The van der Waals surface area contributed by atoms with Crippen LogP contribution < -0.4 is 16.0 Å². The molecule has 0 fully saturated rings. The Morgan fingerprint density at radius 2 is 1.92 bits per heavy atom. The lowest BCUT2D eigenvalue weighted by Gasteiger charge is -2.14. The maximum Gasteiger partial charge on any atom is 0.416 e. The van der Waals surface area contributed by atoms with Crippen LogP contribution in [0.15, 0.2) is 24.3 Å². The van der Waals surface area contributed by atoms with Gasteiger partial charge in [0.05, 0.1) is 5.56 Å². The fourth-order valence-electron chi connectivity index (χ4n) is 1.55. The van der Waals surface area contributed by atoms with E-state index < -0.39 is 42.3 Å². The van der Waals surface area contributed by atoms with Gasteiger partial charge in [-0.25, -0.2) is 4.79 Å². The van der Waals surface area contributed by atoms with Crippen molar-refractivity contribution in [2.24, 2.45) is 0 Å². The number of amides is 3. The molecule has 7 nitrogen and oxygen atoms in total. The number of rotatable bonds is 5. The first kappa shape index (κ1) is 19.3. The molecule has 10 heteroatoms. The first-order valence-corrected chi connectivity index (χ1v) is 6.76. The number of esters is 1. The van der Waals surface area contributed by atoms with E-state index in [1.54, 1.807) is 0 Å². The summed E-state index contributed by atoms with van der Waals surface area (Å²) in [6.07, 6.45) is -5.73. The van der Waals surface area contributed by atoms with Gasteiger partial charge in [-0.05, 0) is 25.1 Å². The number of imide groups is 1. The van der Waals surface area contributed by atoms with Gasteiger partial charge >= 0.3 is 18.2 Å². The van der Waals surface area contributed by atoms with Crippen LogP contribution in [-0.2, 0) is 20.5 Å². The number of benzene rings is 1. The maximum atomic E-state index is 12.6. The predicted molar refractivity (Wildman–Crippen MR) is 78.1 cm³/mol. The first-order chi connectivity index (χ1) is 11.1. The number of halogens is 3. The lowest BCUT2D eigenvalue weighted by Crippen LogP contribution is -2.43. The molecule has 0 saturated carbocycles. The standard InChI is InChI=1S/C14H16F3N3O4/c1-8(12(22)20-13(23)18-2)24-11(21)7-19-10-5-3-4-9(6-10)14(15,16)17/h3-6,8,19H,7H2,1-2H3,(H2,18,20,22,23)/t8-/m1/s1. The monoisotopic (exact) mass is 347 g/mol. The van der Waals surface area contributed by atoms with E-state index in [0.29, 0.717) is 0 Å². The minimum Gasteiger partial charge on any atom is -0.451 e. The summed E-state index contributed by atoms with van der Waals surface area (Å²) in [6, 6.07) is 3.52. The average molecular weight is 347 g/mol. The number of nitrogens with one attached hydrogen (secondary N) is 3. The molecule has 0 aliphatic heterocycles. The van der Waals surface area contributed by atoms with Crippen LogP contribution in [0.2, 0.25) is 0 Å². The second kappa shape index (κ2) is 8.18. The van der Waals surface area contributed by atoms with Crippen molar-refractivity contribution >= 4 is 23.6 Å². The minimum absolute atomic E-state index is 0.0734. The third kappa shape index (κ3) is 6.15. The fourth-order valence-corrected chi connectivity index (χ4v) is 1.55. The number of alkyl halides is 3. The van der Waals surface area contributed by atoms with Gasteiger partial charge < -0.3 is 15.4 Å². The number of hydrogen-bond donors (Lipinski definition) is 3. The van der Waals surface area contributed by atoms with Gasteiger partial charge in [0.1, 0.15) is 6.54 Å². The van der Waals surface area contributed by atoms with Crippen molar-refractivity contribution in [3.63, 3.8) is 0 Å². The molecule has 3 N–H and O–H groups in total. The fraction of sp³-hybridized carbons (Fsp3) is 0.357. The summed E-state index contributed by atoms with van der Waals surface area (Å²) in [6.45, 7) is 0.805. The van der Waals surface area contributed by atoms with Gasteiger partial charge in [0.15, 0.2) is 6.10 Å². The third-order valence-corrected chi connectivity index (χ3v) is 2.77. The Balaban J connectivity index is 2.52. The van der Waals surface area contributed by atoms with Gasteiger partial charge in [-0.3, -0.25) is 14.9 Å². The predicted octanol–water partition coefficient (Wildman–Crippen LogP) is 1.50. The summed E-state index contributed by atoms with van der Waals surface area (Å²) in [5.41, 5.74) is -0.788. The molecule has 0 spiro atoms. The van der Waals surface area contributed by atoms with Crippen molar-refractivity contribution in [1.82, 2.24) is 10.6 Å². The summed E-state index contributed by atoms with van der Waals surface area (Å²) in [4.78, 5) is 34.0. The van der Waals surface area contributed by atoms with Crippen molar-refractivity contribution in [3.05, 3.63) is 29.8 Å². The Bertz CT molecular complexity index is 620. The normalized spacial score (nSPS) is 12.0. The van der Waals surface area contributed by atoms with Crippen molar-refractivity contribution in [1.29, 1.82) is 0 Å². The number of urea groups is 1. The Kier molecular flexibility index (Phi) is 6.57. The van der Waals surface area contributed by atoms with Crippen LogP contribution in [0, 0.1) is 0 Å². The Morgan fingerprint density at radius 3 is 2.50 bits per heavy atom. The Morgan fingerprint density at radius 1 is 1.25 bits per heavy atom. The van der Waals surface area contributed by atoms with Gasteiger partial charge in [0.2, 0.25) is 0 Å².